The van der Waals surface area contributed by atoms with Crippen LogP contribution in [0.3, 0.4) is 0 Å². The molecule has 0 aromatic heterocycles. The Morgan fingerprint density at radius 3 is 2.24 bits per heavy atom. The van der Waals surface area contributed by atoms with Crippen molar-refractivity contribution in [3.05, 3.63) is 69.8 Å². The van der Waals surface area contributed by atoms with Gasteiger partial charge in [-0.05, 0) is 30.3 Å². The number of halogens is 2. The molecule has 2 aromatic carbocycles. The van der Waals surface area contributed by atoms with Crippen molar-refractivity contribution >= 4 is 17.3 Å². The molecule has 1 amide bonds. The van der Waals surface area contributed by atoms with Crippen molar-refractivity contribution < 1.29 is 18.5 Å². The fraction of sp³-hybridized carbons (Fsp3) is 0.235. The number of nitrogens with zero attached hydrogens (tertiary/aromatic N) is 3. The third-order valence-electron chi connectivity index (χ3n) is 4.15. The predicted octanol–water partition coefficient (Wildman–Crippen LogP) is 2.84. The molecule has 0 saturated carbocycles. The van der Waals surface area contributed by atoms with Gasteiger partial charge in [-0.1, -0.05) is 0 Å². The summed E-state index contributed by atoms with van der Waals surface area (Å²) in [6, 6.07) is 8.97. The zero-order valence-corrected chi connectivity index (χ0v) is 13.2. The van der Waals surface area contributed by atoms with E-state index in [0.717, 1.165) is 23.9 Å². The molecule has 0 spiro atoms. The summed E-state index contributed by atoms with van der Waals surface area (Å²) >= 11 is 0. The Morgan fingerprint density at radius 2 is 1.64 bits per heavy atom. The number of benzene rings is 2. The number of rotatable bonds is 3. The largest absolute Gasteiger partial charge is 0.368 e. The minimum atomic E-state index is -0.746. The second-order valence-electron chi connectivity index (χ2n) is 5.68. The van der Waals surface area contributed by atoms with Crippen LogP contribution in [-0.4, -0.2) is 41.9 Å². The van der Waals surface area contributed by atoms with Crippen molar-refractivity contribution in [2.75, 3.05) is 31.1 Å². The van der Waals surface area contributed by atoms with E-state index in [1.165, 1.54) is 17.0 Å². The quantitative estimate of drug-likeness (QED) is 0.633. The van der Waals surface area contributed by atoms with Crippen LogP contribution in [0, 0.1) is 21.7 Å². The smallest absolute Gasteiger partial charge is 0.269 e. The number of amides is 1. The van der Waals surface area contributed by atoms with Crippen LogP contribution in [0.15, 0.2) is 42.5 Å². The number of nitro benzene ring substituents is 1. The Bertz CT molecular complexity index is 803. The maximum atomic E-state index is 13.7. The van der Waals surface area contributed by atoms with Crippen molar-refractivity contribution in [3.8, 4) is 0 Å². The third kappa shape index (κ3) is 3.57. The molecule has 1 aliphatic heterocycles. The van der Waals surface area contributed by atoms with Gasteiger partial charge in [-0.3, -0.25) is 14.9 Å². The number of piperazine rings is 1. The number of carbonyl (C=O) groups is 1. The van der Waals surface area contributed by atoms with Gasteiger partial charge in [0.15, 0.2) is 0 Å². The van der Waals surface area contributed by atoms with Crippen molar-refractivity contribution in [2.24, 2.45) is 0 Å². The van der Waals surface area contributed by atoms with Crippen LogP contribution in [0.25, 0.3) is 0 Å². The highest BCUT2D eigenvalue weighted by atomic mass is 19.1. The van der Waals surface area contributed by atoms with E-state index < -0.39 is 22.5 Å². The lowest BCUT2D eigenvalue weighted by Gasteiger charge is -2.36. The Morgan fingerprint density at radius 1 is 1.00 bits per heavy atom. The predicted molar refractivity (Wildman–Crippen MR) is 87.6 cm³/mol. The molecule has 0 unspecified atom stereocenters. The van der Waals surface area contributed by atoms with Crippen LogP contribution in [0.4, 0.5) is 20.2 Å². The van der Waals surface area contributed by atoms with Gasteiger partial charge >= 0.3 is 0 Å². The monoisotopic (exact) mass is 347 g/mol. The average molecular weight is 347 g/mol. The minimum absolute atomic E-state index is 0.0131. The molecule has 0 bridgehead atoms. The standard InChI is InChI=1S/C17H15F2N3O3/c18-12-1-6-16(19)15(11-12)17(23)21-9-7-20(8-10-21)13-2-4-14(5-3-13)22(24)25/h1-6,11H,7-10H2. The Hall–Kier alpha value is -3.03. The van der Waals surface area contributed by atoms with Crippen molar-refractivity contribution in [3.63, 3.8) is 0 Å². The highest BCUT2D eigenvalue weighted by Crippen LogP contribution is 2.21. The first kappa shape index (κ1) is 16.8. The SMILES string of the molecule is O=C(c1cc(F)ccc1F)N1CCN(c2ccc([N+](=O)[O-])cc2)CC1. The minimum Gasteiger partial charge on any atom is -0.368 e. The summed E-state index contributed by atoms with van der Waals surface area (Å²) in [5.41, 5.74) is 0.553. The van der Waals surface area contributed by atoms with Gasteiger partial charge in [-0.25, -0.2) is 8.78 Å². The van der Waals surface area contributed by atoms with Crippen molar-refractivity contribution in [1.82, 2.24) is 4.90 Å². The van der Waals surface area contributed by atoms with E-state index in [1.54, 1.807) is 12.1 Å². The fourth-order valence-corrected chi connectivity index (χ4v) is 2.78. The second kappa shape index (κ2) is 6.84. The van der Waals surface area contributed by atoms with Crippen LogP contribution >= 0.6 is 0 Å². The van der Waals surface area contributed by atoms with Gasteiger partial charge < -0.3 is 9.80 Å². The highest BCUT2D eigenvalue weighted by molar-refractivity contribution is 5.94. The number of hydrogen-bond donors (Lipinski definition) is 0. The summed E-state index contributed by atoms with van der Waals surface area (Å²) < 4.78 is 27.0. The molecule has 1 aliphatic rings. The van der Waals surface area contributed by atoms with E-state index in [2.05, 4.69) is 0 Å². The molecule has 0 N–H and O–H groups in total. The molecule has 2 aromatic rings. The molecule has 1 saturated heterocycles. The molecule has 8 heteroatoms. The zero-order chi connectivity index (χ0) is 18.0. The lowest BCUT2D eigenvalue weighted by atomic mass is 10.1. The van der Waals surface area contributed by atoms with Gasteiger partial charge in [0.25, 0.3) is 11.6 Å². The molecule has 0 aliphatic carbocycles. The molecule has 1 fully saturated rings. The van der Waals surface area contributed by atoms with Crippen molar-refractivity contribution in [2.45, 2.75) is 0 Å². The maximum Gasteiger partial charge on any atom is 0.269 e. The summed E-state index contributed by atoms with van der Waals surface area (Å²) in [5.74, 6) is -1.95. The van der Waals surface area contributed by atoms with Gasteiger partial charge in [0.2, 0.25) is 0 Å². The molecular weight excluding hydrogens is 332 g/mol. The highest BCUT2D eigenvalue weighted by Gasteiger charge is 2.24. The first-order valence-corrected chi connectivity index (χ1v) is 7.69. The van der Waals surface area contributed by atoms with E-state index in [9.17, 15) is 23.7 Å². The summed E-state index contributed by atoms with van der Waals surface area (Å²) in [7, 11) is 0. The number of nitro groups is 1. The summed E-state index contributed by atoms with van der Waals surface area (Å²) in [6.07, 6.45) is 0. The van der Waals surface area contributed by atoms with Crippen molar-refractivity contribution in [1.29, 1.82) is 0 Å². The van der Waals surface area contributed by atoms with E-state index >= 15 is 0 Å². The van der Waals surface area contributed by atoms with E-state index in [4.69, 9.17) is 0 Å². The third-order valence-corrected chi connectivity index (χ3v) is 4.15. The topological polar surface area (TPSA) is 66.7 Å². The number of carbonyl (C=O) groups excluding carboxylic acids is 1. The molecular formula is C17H15F2N3O3. The van der Waals surface area contributed by atoms with E-state index in [1.807, 2.05) is 4.90 Å². The number of hydrogen-bond acceptors (Lipinski definition) is 4. The Kier molecular flexibility index (Phi) is 4.60. The molecule has 0 radical (unpaired) electrons. The van der Waals surface area contributed by atoms with Gasteiger partial charge in [0.1, 0.15) is 11.6 Å². The summed E-state index contributed by atoms with van der Waals surface area (Å²) in [6.45, 7) is 1.71. The molecule has 6 nitrogen and oxygen atoms in total. The second-order valence-corrected chi connectivity index (χ2v) is 5.68. The molecule has 3 rings (SSSR count). The Labute approximate surface area is 142 Å². The van der Waals surface area contributed by atoms with Crippen LogP contribution in [-0.2, 0) is 0 Å². The van der Waals surface area contributed by atoms with Gasteiger partial charge in [-0.15, -0.1) is 0 Å². The molecule has 25 heavy (non-hydrogen) atoms. The number of non-ortho nitro benzene ring substituents is 1. The average Bonchev–Trinajstić information content (AvgIpc) is 2.63. The maximum absolute atomic E-state index is 13.7. The van der Waals surface area contributed by atoms with E-state index in [0.29, 0.717) is 26.2 Å². The lowest BCUT2D eigenvalue weighted by molar-refractivity contribution is -0.384. The van der Waals surface area contributed by atoms with E-state index in [-0.39, 0.29) is 11.3 Å². The summed E-state index contributed by atoms with van der Waals surface area (Å²) in [5, 5.41) is 10.7. The molecule has 130 valence electrons. The van der Waals surface area contributed by atoms with Crippen LogP contribution in [0.2, 0.25) is 0 Å². The molecule has 0 atom stereocenters. The first-order chi connectivity index (χ1) is 12.0. The lowest BCUT2D eigenvalue weighted by Crippen LogP contribution is -2.49. The Balaban J connectivity index is 1.66. The normalized spacial score (nSPS) is 14.5. The molecule has 1 heterocycles. The van der Waals surface area contributed by atoms with Gasteiger partial charge in [0.05, 0.1) is 10.5 Å². The van der Waals surface area contributed by atoms with Crippen LogP contribution in [0.1, 0.15) is 10.4 Å². The fourth-order valence-electron chi connectivity index (χ4n) is 2.78. The summed E-state index contributed by atoms with van der Waals surface area (Å²) in [4.78, 5) is 26.0. The van der Waals surface area contributed by atoms with Crippen LogP contribution < -0.4 is 4.90 Å². The number of anilines is 1. The van der Waals surface area contributed by atoms with Gasteiger partial charge in [0, 0.05) is 44.0 Å². The zero-order valence-electron chi connectivity index (χ0n) is 13.2. The first-order valence-electron chi connectivity index (χ1n) is 7.69. The van der Waals surface area contributed by atoms with Gasteiger partial charge in [-0.2, -0.15) is 0 Å². The van der Waals surface area contributed by atoms with Crippen LogP contribution in [0.5, 0.6) is 0 Å².